The Morgan fingerprint density at radius 2 is 1.73 bits per heavy atom. The van der Waals surface area contributed by atoms with E-state index in [4.69, 9.17) is 13.9 Å². The number of esters is 2. The third kappa shape index (κ3) is 4.43. The number of nitrogens with zero attached hydrogens (tertiary/aromatic N) is 4. The molecular weight excluding hydrogens is 476 g/mol. The molecule has 37 heavy (non-hydrogen) atoms. The Labute approximate surface area is 210 Å². The molecule has 0 fully saturated rings. The van der Waals surface area contributed by atoms with Gasteiger partial charge in [-0.05, 0) is 30.4 Å². The number of hydrogen-bond acceptors (Lipinski definition) is 9. The van der Waals surface area contributed by atoms with Crippen molar-refractivity contribution < 1.29 is 23.5 Å². The number of fused-ring (bicyclic) bond motifs is 1. The van der Waals surface area contributed by atoms with Gasteiger partial charge in [0.25, 0.3) is 0 Å². The highest BCUT2D eigenvalue weighted by Gasteiger charge is 2.27. The number of anilines is 1. The maximum atomic E-state index is 12.9. The molecule has 0 radical (unpaired) electrons. The van der Waals surface area contributed by atoms with Crippen LogP contribution >= 0.6 is 0 Å². The van der Waals surface area contributed by atoms with E-state index in [1.54, 1.807) is 42.6 Å². The SMILES string of the molecule is COC(=O)C1=C(C(=O)OC)N(c2ccc3cc(-n4cnc(-c5ccccc5)n4)c(=O)oc3c2)C=CC=C1. The first-order valence-electron chi connectivity index (χ1n) is 11.1. The zero-order valence-electron chi connectivity index (χ0n) is 19.8. The first-order chi connectivity index (χ1) is 18.0. The van der Waals surface area contributed by atoms with Gasteiger partial charge < -0.3 is 18.8 Å². The van der Waals surface area contributed by atoms with Crippen LogP contribution in [0.2, 0.25) is 0 Å². The third-order valence-corrected chi connectivity index (χ3v) is 5.64. The van der Waals surface area contributed by atoms with Crippen LogP contribution in [0.5, 0.6) is 0 Å². The van der Waals surface area contributed by atoms with E-state index in [0.29, 0.717) is 16.9 Å². The summed E-state index contributed by atoms with van der Waals surface area (Å²) in [7, 11) is 2.44. The summed E-state index contributed by atoms with van der Waals surface area (Å²) in [5, 5.41) is 5.03. The molecular formula is C27H20N4O6. The molecule has 4 aromatic rings. The standard InChI is InChI=1S/C27H20N4O6/c1-35-25(32)20-10-6-7-13-30(23(20)27(34)36-2)19-12-11-18-14-21(26(33)37-22(18)15-19)31-16-28-24(29-31)17-8-4-3-5-9-17/h3-16H,1-2H3. The van der Waals surface area contributed by atoms with Crippen LogP contribution in [-0.4, -0.2) is 40.9 Å². The smallest absolute Gasteiger partial charge is 0.362 e. The lowest BCUT2D eigenvalue weighted by molar-refractivity contribution is -0.139. The lowest BCUT2D eigenvalue weighted by Crippen LogP contribution is -2.27. The Morgan fingerprint density at radius 1 is 0.946 bits per heavy atom. The van der Waals surface area contributed by atoms with E-state index >= 15 is 0 Å². The van der Waals surface area contributed by atoms with Crippen LogP contribution in [0, 0.1) is 0 Å². The summed E-state index contributed by atoms with van der Waals surface area (Å²) < 4.78 is 16.7. The quantitative estimate of drug-likeness (QED) is 0.302. The molecule has 2 aromatic heterocycles. The van der Waals surface area contributed by atoms with Gasteiger partial charge in [-0.15, -0.1) is 5.10 Å². The Hall–Kier alpha value is -5.25. The molecule has 3 heterocycles. The average Bonchev–Trinajstić information content (AvgIpc) is 3.31. The minimum absolute atomic E-state index is 0.0108. The molecule has 0 atom stereocenters. The molecule has 184 valence electrons. The van der Waals surface area contributed by atoms with Gasteiger partial charge >= 0.3 is 17.6 Å². The Balaban J connectivity index is 1.57. The topological polar surface area (TPSA) is 117 Å². The summed E-state index contributed by atoms with van der Waals surface area (Å²) in [6, 6.07) is 16.1. The normalized spacial score (nSPS) is 13.1. The molecule has 2 aromatic carbocycles. The lowest BCUT2D eigenvalue weighted by Gasteiger charge is -2.23. The lowest BCUT2D eigenvalue weighted by atomic mass is 10.1. The summed E-state index contributed by atoms with van der Waals surface area (Å²) in [4.78, 5) is 43.7. The molecule has 0 spiro atoms. The van der Waals surface area contributed by atoms with Gasteiger partial charge in [-0.2, -0.15) is 0 Å². The van der Waals surface area contributed by atoms with Crippen molar-refractivity contribution in [2.75, 3.05) is 19.1 Å². The van der Waals surface area contributed by atoms with E-state index in [1.165, 1.54) is 36.2 Å². The minimum Gasteiger partial charge on any atom is -0.465 e. The van der Waals surface area contributed by atoms with E-state index in [-0.39, 0.29) is 22.5 Å². The number of allylic oxidation sites excluding steroid dienone is 2. The van der Waals surface area contributed by atoms with E-state index in [2.05, 4.69) is 10.1 Å². The second-order valence-corrected chi connectivity index (χ2v) is 7.84. The Kier molecular flexibility index (Phi) is 6.21. The van der Waals surface area contributed by atoms with Gasteiger partial charge in [0.2, 0.25) is 0 Å². The molecule has 1 aliphatic heterocycles. The Morgan fingerprint density at radius 3 is 2.49 bits per heavy atom. The second kappa shape index (κ2) is 9.78. The zero-order valence-corrected chi connectivity index (χ0v) is 19.8. The van der Waals surface area contributed by atoms with E-state index in [1.807, 2.05) is 30.3 Å². The van der Waals surface area contributed by atoms with Gasteiger partial charge in [-0.25, -0.2) is 24.0 Å². The monoisotopic (exact) mass is 496 g/mol. The Bertz CT molecular complexity index is 1660. The van der Waals surface area contributed by atoms with Crippen molar-refractivity contribution >= 4 is 28.6 Å². The van der Waals surface area contributed by atoms with Crippen molar-refractivity contribution in [1.29, 1.82) is 0 Å². The van der Waals surface area contributed by atoms with E-state index < -0.39 is 17.6 Å². The van der Waals surface area contributed by atoms with Crippen molar-refractivity contribution in [3.05, 3.63) is 107 Å². The number of ether oxygens (including phenoxy) is 2. The molecule has 10 heteroatoms. The summed E-state index contributed by atoms with van der Waals surface area (Å²) in [5.74, 6) is -0.973. The molecule has 5 rings (SSSR count). The molecule has 0 unspecified atom stereocenters. The number of rotatable bonds is 5. The highest BCUT2D eigenvalue weighted by atomic mass is 16.5. The molecule has 0 N–H and O–H groups in total. The molecule has 0 bridgehead atoms. The van der Waals surface area contributed by atoms with Crippen LogP contribution in [0.3, 0.4) is 0 Å². The predicted molar refractivity (Wildman–Crippen MR) is 135 cm³/mol. The first-order valence-corrected chi connectivity index (χ1v) is 11.1. The maximum absolute atomic E-state index is 12.9. The van der Waals surface area contributed by atoms with Crippen molar-refractivity contribution in [3.8, 4) is 17.1 Å². The summed E-state index contributed by atoms with van der Waals surface area (Å²) in [5.41, 5.74) is 1.07. The second-order valence-electron chi connectivity index (χ2n) is 7.84. The fraction of sp³-hybridized carbons (Fsp3) is 0.0741. The number of aromatic nitrogens is 3. The van der Waals surface area contributed by atoms with Crippen LogP contribution in [0.4, 0.5) is 5.69 Å². The summed E-state index contributed by atoms with van der Waals surface area (Å²) in [6.45, 7) is 0. The van der Waals surface area contributed by atoms with Crippen LogP contribution in [0.25, 0.3) is 28.0 Å². The number of benzene rings is 2. The van der Waals surface area contributed by atoms with Crippen LogP contribution in [0.1, 0.15) is 0 Å². The van der Waals surface area contributed by atoms with Gasteiger partial charge in [-0.3, -0.25) is 0 Å². The van der Waals surface area contributed by atoms with E-state index in [0.717, 1.165) is 5.56 Å². The number of carbonyl (C=O) groups is 2. The molecule has 0 aliphatic carbocycles. The van der Waals surface area contributed by atoms with Crippen LogP contribution < -0.4 is 10.5 Å². The zero-order chi connectivity index (χ0) is 25.9. The van der Waals surface area contributed by atoms with Crippen LogP contribution in [-0.2, 0) is 19.1 Å². The highest BCUT2D eigenvalue weighted by molar-refractivity contribution is 6.05. The molecule has 1 aliphatic rings. The largest absolute Gasteiger partial charge is 0.465 e. The van der Waals surface area contributed by atoms with Crippen molar-refractivity contribution in [2.45, 2.75) is 0 Å². The van der Waals surface area contributed by atoms with Gasteiger partial charge in [0.15, 0.2) is 11.5 Å². The number of hydrogen-bond donors (Lipinski definition) is 0. The molecule has 10 nitrogen and oxygen atoms in total. The first kappa shape index (κ1) is 23.5. The summed E-state index contributed by atoms with van der Waals surface area (Å²) in [6.07, 6.45) is 7.75. The fourth-order valence-corrected chi connectivity index (χ4v) is 3.86. The average molecular weight is 496 g/mol. The van der Waals surface area contributed by atoms with Gasteiger partial charge in [-0.1, -0.05) is 36.4 Å². The fourth-order valence-electron chi connectivity index (χ4n) is 3.86. The third-order valence-electron chi connectivity index (χ3n) is 5.64. The number of methoxy groups -OCH3 is 2. The van der Waals surface area contributed by atoms with Crippen molar-refractivity contribution in [1.82, 2.24) is 14.8 Å². The van der Waals surface area contributed by atoms with Crippen molar-refractivity contribution in [2.24, 2.45) is 0 Å². The van der Waals surface area contributed by atoms with Gasteiger partial charge in [0.1, 0.15) is 17.6 Å². The predicted octanol–water partition coefficient (Wildman–Crippen LogP) is 3.53. The van der Waals surface area contributed by atoms with Crippen LogP contribution in [0.15, 0.2) is 106 Å². The summed E-state index contributed by atoms with van der Waals surface area (Å²) >= 11 is 0. The van der Waals surface area contributed by atoms with Gasteiger partial charge in [0.05, 0.1) is 19.8 Å². The van der Waals surface area contributed by atoms with E-state index in [9.17, 15) is 14.4 Å². The maximum Gasteiger partial charge on any atom is 0.362 e. The molecule has 0 amide bonds. The minimum atomic E-state index is -0.742. The molecule has 0 saturated heterocycles. The molecule has 0 saturated carbocycles. The highest BCUT2D eigenvalue weighted by Crippen LogP contribution is 2.29. The van der Waals surface area contributed by atoms with Crippen molar-refractivity contribution in [3.63, 3.8) is 0 Å². The van der Waals surface area contributed by atoms with Gasteiger partial charge in [0, 0.05) is 28.9 Å². The number of carbonyl (C=O) groups excluding carboxylic acids is 2.